The van der Waals surface area contributed by atoms with Gasteiger partial charge in [-0.3, -0.25) is 4.90 Å². The Morgan fingerprint density at radius 3 is 3.08 bits per heavy atom. The number of benzene rings is 1. The smallest absolute Gasteiger partial charge is 0.324 e. The second-order valence-corrected chi connectivity index (χ2v) is 7.00. The van der Waals surface area contributed by atoms with E-state index in [2.05, 4.69) is 36.0 Å². The fourth-order valence-corrected chi connectivity index (χ4v) is 4.07. The van der Waals surface area contributed by atoms with Gasteiger partial charge in [0.2, 0.25) is 0 Å². The monoisotopic (exact) mass is 342 g/mol. The van der Waals surface area contributed by atoms with Crippen LogP contribution >= 0.6 is 11.3 Å². The van der Waals surface area contributed by atoms with Gasteiger partial charge in [-0.2, -0.15) is 0 Å². The molecule has 2 aliphatic heterocycles. The summed E-state index contributed by atoms with van der Waals surface area (Å²) in [4.78, 5) is 20.8. The number of fused-ring (bicyclic) bond motifs is 3. The van der Waals surface area contributed by atoms with Crippen molar-refractivity contribution < 1.29 is 9.53 Å². The summed E-state index contributed by atoms with van der Waals surface area (Å²) in [6, 6.07) is 3.95. The van der Waals surface area contributed by atoms with Gasteiger partial charge in [-0.25, -0.2) is 9.78 Å². The van der Waals surface area contributed by atoms with Crippen LogP contribution in [-0.2, 0) is 0 Å². The summed E-state index contributed by atoms with van der Waals surface area (Å²) < 4.78 is 6.88. The van der Waals surface area contributed by atoms with Gasteiger partial charge in [-0.1, -0.05) is 17.3 Å². The lowest BCUT2D eigenvalue weighted by atomic mass is 10.1. The molecule has 0 aliphatic carbocycles. The minimum Gasteiger partial charge on any atom is -0.489 e. The fraction of sp³-hybridized carbons (Fsp3) is 0.412. The minimum absolute atomic E-state index is 0.145. The van der Waals surface area contributed by atoms with Gasteiger partial charge in [0.05, 0.1) is 17.3 Å². The lowest BCUT2D eigenvalue weighted by Gasteiger charge is -2.33. The van der Waals surface area contributed by atoms with Crippen LogP contribution < -0.4 is 19.9 Å². The molecule has 0 radical (unpaired) electrons. The summed E-state index contributed by atoms with van der Waals surface area (Å²) in [5.74, 6) is 6.80. The van der Waals surface area contributed by atoms with E-state index in [0.29, 0.717) is 18.3 Å². The quantitative estimate of drug-likeness (QED) is 0.809. The van der Waals surface area contributed by atoms with Crippen LogP contribution in [0.3, 0.4) is 0 Å². The Balaban J connectivity index is 1.84. The SMILES string of the molecule is CC#C[C@@H]1CNC(=O)N1c1nc2c3c(ccc2s1)OC[C@@H](C)N3C. The molecule has 0 bridgehead atoms. The van der Waals surface area contributed by atoms with Gasteiger partial charge < -0.3 is 15.0 Å². The topological polar surface area (TPSA) is 57.7 Å². The lowest BCUT2D eigenvalue weighted by molar-refractivity contribution is 0.252. The van der Waals surface area contributed by atoms with Gasteiger partial charge in [0.1, 0.15) is 29.6 Å². The molecule has 4 rings (SSSR count). The number of hydrogen-bond donors (Lipinski definition) is 1. The third kappa shape index (κ3) is 2.18. The summed E-state index contributed by atoms with van der Waals surface area (Å²) in [5.41, 5.74) is 1.87. The van der Waals surface area contributed by atoms with Gasteiger partial charge >= 0.3 is 6.03 Å². The molecule has 0 spiro atoms. The first-order valence-electron chi connectivity index (χ1n) is 7.88. The molecule has 0 unspecified atom stereocenters. The summed E-state index contributed by atoms with van der Waals surface area (Å²) in [7, 11) is 2.05. The average molecular weight is 342 g/mol. The standard InChI is InChI=1S/C17H18N4O2S/c1-4-5-11-8-18-16(22)21(11)17-19-14-13(24-17)7-6-12-15(14)20(3)10(2)9-23-12/h6-7,10-11H,8-9H2,1-3H3,(H,18,22)/t10-,11-/m1/s1. The maximum atomic E-state index is 12.2. The number of nitrogens with zero attached hydrogens (tertiary/aromatic N) is 3. The van der Waals surface area contributed by atoms with Gasteiger partial charge in [-0.15, -0.1) is 5.92 Å². The number of ether oxygens (including phenoxy) is 1. The molecular weight excluding hydrogens is 324 g/mol. The highest BCUT2D eigenvalue weighted by Crippen LogP contribution is 2.43. The van der Waals surface area contributed by atoms with Crippen LogP contribution in [0.15, 0.2) is 12.1 Å². The molecule has 2 aliphatic rings. The zero-order chi connectivity index (χ0) is 16.8. The summed E-state index contributed by atoms with van der Waals surface area (Å²) in [5, 5.41) is 3.52. The molecule has 7 heteroatoms. The van der Waals surface area contributed by atoms with Crippen LogP contribution in [0, 0.1) is 11.8 Å². The Labute approximate surface area is 144 Å². The van der Waals surface area contributed by atoms with Crippen LogP contribution in [0.5, 0.6) is 5.75 Å². The van der Waals surface area contributed by atoms with E-state index in [1.807, 2.05) is 12.1 Å². The third-order valence-corrected chi connectivity index (χ3v) is 5.49. The number of carbonyl (C=O) groups excluding carboxylic acids is 1. The number of aromatic nitrogens is 1. The van der Waals surface area contributed by atoms with Crippen LogP contribution in [-0.4, -0.2) is 43.3 Å². The Bertz CT molecular complexity index is 882. The van der Waals surface area contributed by atoms with Crippen LogP contribution in [0.2, 0.25) is 0 Å². The summed E-state index contributed by atoms with van der Waals surface area (Å²) in [6.45, 7) is 5.08. The number of amides is 2. The molecule has 0 saturated carbocycles. The maximum absolute atomic E-state index is 12.2. The fourth-order valence-electron chi connectivity index (χ4n) is 3.06. The molecular formula is C17H18N4O2S. The van der Waals surface area contributed by atoms with E-state index in [1.54, 1.807) is 11.8 Å². The van der Waals surface area contributed by atoms with Crippen LogP contribution in [0.1, 0.15) is 13.8 Å². The van der Waals surface area contributed by atoms with Gasteiger partial charge in [0.15, 0.2) is 5.13 Å². The molecule has 24 heavy (non-hydrogen) atoms. The van der Waals surface area contributed by atoms with E-state index in [9.17, 15) is 4.79 Å². The van der Waals surface area contributed by atoms with E-state index < -0.39 is 0 Å². The predicted octanol–water partition coefficient (Wildman–Crippen LogP) is 2.43. The molecule has 3 heterocycles. The van der Waals surface area contributed by atoms with Crippen molar-refractivity contribution >= 4 is 38.4 Å². The van der Waals surface area contributed by atoms with Crippen molar-refractivity contribution in [2.75, 3.05) is 30.0 Å². The van der Waals surface area contributed by atoms with Crippen molar-refractivity contribution in [1.82, 2.24) is 10.3 Å². The van der Waals surface area contributed by atoms with E-state index in [0.717, 1.165) is 21.7 Å². The van der Waals surface area contributed by atoms with Crippen molar-refractivity contribution in [2.24, 2.45) is 0 Å². The zero-order valence-electron chi connectivity index (χ0n) is 13.8. The Morgan fingerprint density at radius 2 is 2.29 bits per heavy atom. The van der Waals surface area contributed by atoms with E-state index in [1.165, 1.54) is 11.3 Å². The first-order chi connectivity index (χ1) is 11.6. The number of nitrogens with one attached hydrogen (secondary N) is 1. The predicted molar refractivity (Wildman–Crippen MR) is 96.1 cm³/mol. The van der Waals surface area contributed by atoms with Crippen LogP contribution in [0.25, 0.3) is 10.2 Å². The van der Waals surface area contributed by atoms with Crippen molar-refractivity contribution in [3.05, 3.63) is 12.1 Å². The largest absolute Gasteiger partial charge is 0.489 e. The number of carbonyl (C=O) groups is 1. The molecule has 2 amide bonds. The Morgan fingerprint density at radius 1 is 1.46 bits per heavy atom. The van der Waals surface area contributed by atoms with Crippen molar-refractivity contribution in [3.8, 4) is 17.6 Å². The van der Waals surface area contributed by atoms with E-state index >= 15 is 0 Å². The minimum atomic E-state index is -0.174. The molecule has 2 atom stereocenters. The molecule has 1 N–H and O–H groups in total. The molecule has 1 fully saturated rings. The number of thiazole rings is 1. The van der Waals surface area contributed by atoms with Gasteiger partial charge in [0.25, 0.3) is 0 Å². The zero-order valence-corrected chi connectivity index (χ0v) is 14.6. The number of rotatable bonds is 1. The maximum Gasteiger partial charge on any atom is 0.324 e. The van der Waals surface area contributed by atoms with Gasteiger partial charge in [-0.05, 0) is 26.0 Å². The first kappa shape index (κ1) is 15.1. The molecule has 1 saturated heterocycles. The highest BCUT2D eigenvalue weighted by atomic mass is 32.1. The average Bonchev–Trinajstić information content (AvgIpc) is 3.14. The second kappa shape index (κ2) is 5.56. The Hall–Kier alpha value is -2.46. The summed E-state index contributed by atoms with van der Waals surface area (Å²) >= 11 is 1.51. The lowest BCUT2D eigenvalue weighted by Crippen LogP contribution is -2.38. The van der Waals surface area contributed by atoms with E-state index in [-0.39, 0.29) is 18.1 Å². The van der Waals surface area contributed by atoms with E-state index in [4.69, 9.17) is 9.72 Å². The second-order valence-electron chi connectivity index (χ2n) is 5.99. The van der Waals surface area contributed by atoms with Crippen LogP contribution in [0.4, 0.5) is 15.6 Å². The normalized spacial score (nSPS) is 22.7. The number of urea groups is 1. The molecule has 1 aromatic carbocycles. The molecule has 6 nitrogen and oxygen atoms in total. The number of likely N-dealkylation sites (N-methyl/N-ethyl adjacent to an activating group) is 1. The summed E-state index contributed by atoms with van der Waals surface area (Å²) in [6.07, 6.45) is 0. The third-order valence-electron chi connectivity index (χ3n) is 4.47. The number of anilines is 2. The molecule has 124 valence electrons. The highest BCUT2D eigenvalue weighted by molar-refractivity contribution is 7.22. The highest BCUT2D eigenvalue weighted by Gasteiger charge is 2.34. The molecule has 1 aromatic heterocycles. The van der Waals surface area contributed by atoms with Crippen molar-refractivity contribution in [3.63, 3.8) is 0 Å². The van der Waals surface area contributed by atoms with Gasteiger partial charge in [0, 0.05) is 7.05 Å². The Kier molecular flexibility index (Phi) is 3.50. The van der Waals surface area contributed by atoms with Crippen molar-refractivity contribution in [2.45, 2.75) is 25.9 Å². The molecule has 2 aromatic rings. The van der Waals surface area contributed by atoms with Crippen molar-refractivity contribution in [1.29, 1.82) is 0 Å². The number of hydrogen-bond acceptors (Lipinski definition) is 5. The first-order valence-corrected chi connectivity index (χ1v) is 8.70.